The smallest absolute Gasteiger partial charge is 0.338 e. The zero-order valence-corrected chi connectivity index (χ0v) is 14.8. The van der Waals surface area contributed by atoms with Gasteiger partial charge >= 0.3 is 11.6 Å². The summed E-state index contributed by atoms with van der Waals surface area (Å²) in [4.78, 5) is 24.0. The second-order valence-corrected chi connectivity index (χ2v) is 6.47. The van der Waals surface area contributed by atoms with E-state index in [0.717, 1.165) is 16.5 Å². The molecule has 6 nitrogen and oxygen atoms in total. The monoisotopic (exact) mass is 353 g/mol. The van der Waals surface area contributed by atoms with Gasteiger partial charge in [-0.25, -0.2) is 9.59 Å². The average molecular weight is 353 g/mol. The average Bonchev–Trinajstić information content (AvgIpc) is 2.59. The van der Waals surface area contributed by atoms with E-state index in [1.165, 1.54) is 30.6 Å². The molecule has 0 radical (unpaired) electrons. The number of pyridine rings is 1. The SMILES string of the molecule is Cc1cc2oc(=O)cc(COC(=O)c3cc[n+]([O-])cc3)c2cc1C(C)C. The summed E-state index contributed by atoms with van der Waals surface area (Å²) in [5, 5.41) is 11.8. The molecule has 1 aromatic carbocycles. The highest BCUT2D eigenvalue weighted by Crippen LogP contribution is 2.27. The molecule has 0 saturated heterocycles. The summed E-state index contributed by atoms with van der Waals surface area (Å²) in [7, 11) is 0. The number of ether oxygens (including phenoxy) is 1. The first-order chi connectivity index (χ1) is 12.3. The molecular formula is C20H19NO5. The highest BCUT2D eigenvalue weighted by Gasteiger charge is 2.14. The summed E-state index contributed by atoms with van der Waals surface area (Å²) < 4.78 is 11.2. The Labute approximate surface area is 150 Å². The van der Waals surface area contributed by atoms with E-state index in [2.05, 4.69) is 13.8 Å². The second kappa shape index (κ2) is 7.00. The van der Waals surface area contributed by atoms with Gasteiger partial charge in [0.2, 0.25) is 0 Å². The number of hydrogen-bond donors (Lipinski definition) is 0. The van der Waals surface area contributed by atoms with Crippen LogP contribution in [-0.4, -0.2) is 5.97 Å². The molecule has 134 valence electrons. The van der Waals surface area contributed by atoms with Crippen molar-refractivity contribution in [1.82, 2.24) is 0 Å². The lowest BCUT2D eigenvalue weighted by Gasteiger charge is -2.13. The van der Waals surface area contributed by atoms with Gasteiger partial charge in [0.25, 0.3) is 0 Å². The fourth-order valence-corrected chi connectivity index (χ4v) is 2.91. The Bertz CT molecular complexity index is 1020. The van der Waals surface area contributed by atoms with Crippen molar-refractivity contribution in [3.63, 3.8) is 0 Å². The first-order valence-electron chi connectivity index (χ1n) is 8.28. The van der Waals surface area contributed by atoms with Gasteiger partial charge in [-0.15, -0.1) is 0 Å². The van der Waals surface area contributed by atoms with E-state index in [4.69, 9.17) is 9.15 Å². The van der Waals surface area contributed by atoms with E-state index in [1.54, 1.807) is 0 Å². The van der Waals surface area contributed by atoms with Gasteiger partial charge < -0.3 is 14.4 Å². The molecule has 0 aliphatic heterocycles. The Balaban J connectivity index is 1.93. The van der Waals surface area contributed by atoms with Crippen molar-refractivity contribution in [2.45, 2.75) is 33.3 Å². The fraction of sp³-hybridized carbons (Fsp3) is 0.250. The van der Waals surface area contributed by atoms with Gasteiger partial charge in [-0.3, -0.25) is 0 Å². The van der Waals surface area contributed by atoms with Crippen molar-refractivity contribution in [1.29, 1.82) is 0 Å². The molecule has 0 fully saturated rings. The number of benzene rings is 1. The molecule has 2 heterocycles. The molecule has 26 heavy (non-hydrogen) atoms. The van der Waals surface area contributed by atoms with Crippen molar-refractivity contribution in [3.05, 3.63) is 80.6 Å². The Kier molecular flexibility index (Phi) is 4.75. The van der Waals surface area contributed by atoms with Crippen LogP contribution < -0.4 is 10.4 Å². The van der Waals surface area contributed by atoms with Crippen LogP contribution in [0.15, 0.2) is 51.9 Å². The van der Waals surface area contributed by atoms with E-state index in [1.807, 2.05) is 19.1 Å². The summed E-state index contributed by atoms with van der Waals surface area (Å²) in [6.45, 7) is 6.09. The molecule has 6 heteroatoms. The van der Waals surface area contributed by atoms with E-state index in [-0.39, 0.29) is 12.2 Å². The van der Waals surface area contributed by atoms with Gasteiger partial charge in [0, 0.05) is 29.1 Å². The molecule has 0 spiro atoms. The van der Waals surface area contributed by atoms with Crippen LogP contribution in [0, 0.1) is 12.1 Å². The van der Waals surface area contributed by atoms with Crippen molar-refractivity contribution >= 4 is 16.9 Å². The molecule has 0 saturated carbocycles. The summed E-state index contributed by atoms with van der Waals surface area (Å²) in [6, 6.07) is 7.91. The zero-order valence-electron chi connectivity index (χ0n) is 14.8. The minimum absolute atomic E-state index is 0.0617. The quantitative estimate of drug-likeness (QED) is 0.311. The van der Waals surface area contributed by atoms with Crippen LogP contribution >= 0.6 is 0 Å². The molecule has 0 aliphatic carbocycles. The number of nitrogens with zero attached hydrogens (tertiary/aromatic N) is 1. The number of rotatable bonds is 4. The Hall–Kier alpha value is -3.15. The van der Waals surface area contributed by atoms with E-state index >= 15 is 0 Å². The Morgan fingerprint density at radius 3 is 2.58 bits per heavy atom. The van der Waals surface area contributed by atoms with Gasteiger partial charge in [-0.1, -0.05) is 13.8 Å². The van der Waals surface area contributed by atoms with Gasteiger partial charge in [0.1, 0.15) is 12.2 Å². The van der Waals surface area contributed by atoms with E-state index in [9.17, 15) is 14.8 Å². The van der Waals surface area contributed by atoms with Crippen molar-refractivity contribution < 1.29 is 18.7 Å². The standard InChI is InChI=1S/C20H19NO5/c1-12(2)16-10-17-15(9-19(22)26-18(17)8-13(16)3)11-25-20(23)14-4-6-21(24)7-5-14/h4-10,12H,11H2,1-3H3. The highest BCUT2D eigenvalue weighted by atomic mass is 16.5. The van der Waals surface area contributed by atoms with Crippen LogP contribution in [0.25, 0.3) is 11.0 Å². The highest BCUT2D eigenvalue weighted by molar-refractivity contribution is 5.89. The maximum Gasteiger partial charge on any atom is 0.338 e. The lowest BCUT2D eigenvalue weighted by Crippen LogP contribution is -2.24. The van der Waals surface area contributed by atoms with E-state index in [0.29, 0.717) is 21.8 Å². The van der Waals surface area contributed by atoms with Gasteiger partial charge in [0.05, 0.1) is 5.56 Å². The third kappa shape index (κ3) is 3.59. The summed E-state index contributed by atoms with van der Waals surface area (Å²) >= 11 is 0. The number of aromatic nitrogens is 1. The zero-order chi connectivity index (χ0) is 18.8. The van der Waals surface area contributed by atoms with Crippen LogP contribution in [0.1, 0.15) is 46.8 Å². The summed E-state index contributed by atoms with van der Waals surface area (Å²) in [5.41, 5.74) is 3.01. The number of carbonyl (C=O) groups is 1. The molecule has 0 atom stereocenters. The first kappa shape index (κ1) is 17.7. The van der Waals surface area contributed by atoms with Crippen LogP contribution in [0.4, 0.5) is 0 Å². The Morgan fingerprint density at radius 2 is 1.92 bits per heavy atom. The maximum absolute atomic E-state index is 12.1. The minimum atomic E-state index is -0.566. The lowest BCUT2D eigenvalue weighted by atomic mass is 9.95. The van der Waals surface area contributed by atoms with Crippen molar-refractivity contribution in [3.8, 4) is 0 Å². The summed E-state index contributed by atoms with van der Waals surface area (Å²) in [6.07, 6.45) is 2.45. The molecule has 0 N–H and O–H groups in total. The number of esters is 1. The number of carbonyl (C=O) groups excluding carboxylic acids is 1. The largest absolute Gasteiger partial charge is 0.619 e. The number of hydrogen-bond acceptors (Lipinski definition) is 5. The van der Waals surface area contributed by atoms with Crippen LogP contribution in [0.5, 0.6) is 0 Å². The predicted octanol–water partition coefficient (Wildman–Crippen LogP) is 3.22. The first-order valence-corrected chi connectivity index (χ1v) is 8.28. The lowest BCUT2D eigenvalue weighted by molar-refractivity contribution is -0.605. The topological polar surface area (TPSA) is 83.5 Å². The third-order valence-corrected chi connectivity index (χ3v) is 4.24. The molecule has 2 aromatic heterocycles. The molecule has 0 unspecified atom stereocenters. The van der Waals surface area contributed by atoms with Crippen LogP contribution in [0.3, 0.4) is 0 Å². The third-order valence-electron chi connectivity index (χ3n) is 4.24. The number of aryl methyl sites for hydroxylation is 1. The normalized spacial score (nSPS) is 11.1. The van der Waals surface area contributed by atoms with Crippen LogP contribution in [-0.2, 0) is 11.3 Å². The predicted molar refractivity (Wildman–Crippen MR) is 95.8 cm³/mol. The Morgan fingerprint density at radius 1 is 1.23 bits per heavy atom. The van der Waals surface area contributed by atoms with Gasteiger partial charge in [-0.2, -0.15) is 4.73 Å². The van der Waals surface area contributed by atoms with Crippen molar-refractivity contribution in [2.24, 2.45) is 0 Å². The summed E-state index contributed by atoms with van der Waals surface area (Å²) in [5.74, 6) is -0.256. The fourth-order valence-electron chi connectivity index (χ4n) is 2.91. The molecule has 3 aromatic rings. The van der Waals surface area contributed by atoms with Crippen molar-refractivity contribution in [2.75, 3.05) is 0 Å². The van der Waals surface area contributed by atoms with Gasteiger partial charge in [0.15, 0.2) is 12.4 Å². The molecule has 3 rings (SSSR count). The van der Waals surface area contributed by atoms with Crippen LogP contribution in [0.2, 0.25) is 0 Å². The molecular weight excluding hydrogens is 334 g/mol. The molecule has 0 aliphatic rings. The maximum atomic E-state index is 12.1. The number of fused-ring (bicyclic) bond motifs is 1. The minimum Gasteiger partial charge on any atom is -0.619 e. The molecule has 0 amide bonds. The second-order valence-electron chi connectivity index (χ2n) is 6.47. The van der Waals surface area contributed by atoms with Gasteiger partial charge in [-0.05, 0) is 36.1 Å². The molecule has 0 bridgehead atoms. The van der Waals surface area contributed by atoms with E-state index < -0.39 is 11.6 Å².